The maximum absolute atomic E-state index is 13.7. The van der Waals surface area contributed by atoms with Crippen LogP contribution in [0.2, 0.25) is 0 Å². The van der Waals surface area contributed by atoms with Gasteiger partial charge in [-0.3, -0.25) is 4.21 Å². The van der Waals surface area contributed by atoms with Crippen molar-refractivity contribution in [2.45, 2.75) is 42.4 Å². The molecule has 5 rings (SSSR count). The molecular weight excluding hydrogens is 493 g/mol. The normalized spacial score (nSPS) is 19.2. The molecule has 37 heavy (non-hydrogen) atoms. The molecule has 1 aromatic heterocycles. The van der Waals surface area contributed by atoms with E-state index in [9.17, 15) is 13.4 Å². The molecule has 8 nitrogen and oxygen atoms in total. The number of carbonyl (C=O) groups excluding carboxylic acids is 1. The number of nitrogens with zero attached hydrogens (tertiary/aromatic N) is 3. The third-order valence-electron chi connectivity index (χ3n) is 6.67. The van der Waals surface area contributed by atoms with Crippen molar-refractivity contribution in [3.8, 4) is 11.4 Å². The summed E-state index contributed by atoms with van der Waals surface area (Å²) in [6.45, 7) is 6.38. The average molecular weight is 524 g/mol. The molecule has 1 saturated carbocycles. The minimum atomic E-state index is -1.40. The van der Waals surface area contributed by atoms with Crippen LogP contribution in [0.25, 0.3) is 11.4 Å². The second kappa shape index (κ2) is 10.5. The first-order valence-corrected chi connectivity index (χ1v) is 13.6. The van der Waals surface area contributed by atoms with E-state index < -0.39 is 15.5 Å². The highest BCUT2D eigenvalue weighted by Crippen LogP contribution is 2.53. The molecular formula is C27H30FN5O3S. The van der Waals surface area contributed by atoms with E-state index in [0.717, 1.165) is 29.9 Å². The standard InChI is InChI=1S/C27H30FN5O3S/c1-3-29-26(34)30-21-8-4-19(5-9-21)25-31-23(16-24(32-25)33-14-15-36-17-18(33)2)27(12-13-27)37(35)22-10-6-20(28)7-11-22/h4-11,16,18H,3,12-15,17H2,1-2H3,(H2,29,30,34)/t18-,37?/m0/s1. The molecule has 2 amide bonds. The van der Waals surface area contributed by atoms with E-state index in [0.29, 0.717) is 42.7 Å². The Balaban J connectivity index is 1.52. The molecule has 0 bridgehead atoms. The number of rotatable bonds is 7. The Bertz CT molecular complexity index is 1300. The Morgan fingerprint density at radius 3 is 2.54 bits per heavy atom. The second-order valence-electron chi connectivity index (χ2n) is 9.33. The quantitative estimate of drug-likeness (QED) is 0.475. The Kier molecular flexibility index (Phi) is 7.21. The van der Waals surface area contributed by atoms with Crippen LogP contribution >= 0.6 is 0 Å². The summed E-state index contributed by atoms with van der Waals surface area (Å²) in [6, 6.07) is 15.0. The molecule has 0 spiro atoms. The second-order valence-corrected chi connectivity index (χ2v) is 11.1. The molecule has 1 saturated heterocycles. The highest BCUT2D eigenvalue weighted by Gasteiger charge is 2.52. The van der Waals surface area contributed by atoms with E-state index in [1.807, 2.05) is 25.1 Å². The Labute approximate surface area is 218 Å². The third-order valence-corrected chi connectivity index (χ3v) is 8.69. The predicted octanol–water partition coefficient (Wildman–Crippen LogP) is 4.45. The lowest BCUT2D eigenvalue weighted by Crippen LogP contribution is -2.44. The number of morpholine rings is 1. The number of nitrogens with one attached hydrogen (secondary N) is 2. The molecule has 2 atom stereocenters. The summed E-state index contributed by atoms with van der Waals surface area (Å²) in [5.41, 5.74) is 2.16. The molecule has 0 radical (unpaired) electrons. The van der Waals surface area contributed by atoms with Crippen molar-refractivity contribution in [2.75, 3.05) is 36.5 Å². The first-order valence-electron chi connectivity index (χ1n) is 12.5. The molecule has 2 N–H and O–H groups in total. The summed E-state index contributed by atoms with van der Waals surface area (Å²) >= 11 is 0. The van der Waals surface area contributed by atoms with Crippen LogP contribution in [0.3, 0.4) is 0 Å². The lowest BCUT2D eigenvalue weighted by molar-refractivity contribution is 0.0985. The number of amides is 2. The van der Waals surface area contributed by atoms with Crippen molar-refractivity contribution in [2.24, 2.45) is 0 Å². The van der Waals surface area contributed by atoms with Gasteiger partial charge in [0.15, 0.2) is 5.82 Å². The van der Waals surface area contributed by atoms with Gasteiger partial charge in [0, 0.05) is 35.3 Å². The van der Waals surface area contributed by atoms with E-state index in [-0.39, 0.29) is 17.9 Å². The van der Waals surface area contributed by atoms with Gasteiger partial charge in [-0.1, -0.05) is 0 Å². The first kappa shape index (κ1) is 25.3. The van der Waals surface area contributed by atoms with Crippen LogP contribution < -0.4 is 15.5 Å². The lowest BCUT2D eigenvalue weighted by Gasteiger charge is -2.34. The number of ether oxygens (including phenoxy) is 1. The van der Waals surface area contributed by atoms with Crippen LogP contribution in [0.4, 0.5) is 20.7 Å². The monoisotopic (exact) mass is 523 g/mol. The van der Waals surface area contributed by atoms with E-state index in [1.54, 1.807) is 24.3 Å². The maximum atomic E-state index is 13.7. The van der Waals surface area contributed by atoms with Crippen molar-refractivity contribution in [1.82, 2.24) is 15.3 Å². The molecule has 3 aromatic rings. The Morgan fingerprint density at radius 1 is 1.16 bits per heavy atom. The van der Waals surface area contributed by atoms with E-state index >= 15 is 0 Å². The molecule has 2 heterocycles. The number of anilines is 2. The smallest absolute Gasteiger partial charge is 0.319 e. The Hall–Kier alpha value is -3.37. The van der Waals surface area contributed by atoms with Crippen LogP contribution in [0.5, 0.6) is 0 Å². The fraction of sp³-hybridized carbons (Fsp3) is 0.370. The fourth-order valence-electron chi connectivity index (χ4n) is 4.48. The molecule has 194 valence electrons. The number of aromatic nitrogens is 2. The van der Waals surface area contributed by atoms with Crippen LogP contribution in [0.15, 0.2) is 59.5 Å². The molecule has 10 heteroatoms. The fourth-order valence-corrected chi connectivity index (χ4v) is 6.09. The van der Waals surface area contributed by atoms with Crippen LogP contribution in [-0.2, 0) is 20.3 Å². The molecule has 1 aliphatic carbocycles. The van der Waals surface area contributed by atoms with Gasteiger partial charge in [0.2, 0.25) is 0 Å². The van der Waals surface area contributed by atoms with E-state index in [4.69, 9.17) is 14.7 Å². The zero-order chi connectivity index (χ0) is 26.0. The predicted molar refractivity (Wildman–Crippen MR) is 142 cm³/mol. The zero-order valence-electron chi connectivity index (χ0n) is 20.9. The van der Waals surface area contributed by atoms with Gasteiger partial charge in [-0.2, -0.15) is 0 Å². The highest BCUT2D eigenvalue weighted by molar-refractivity contribution is 7.86. The summed E-state index contributed by atoms with van der Waals surface area (Å²) in [4.78, 5) is 24.4. The number of halogens is 1. The summed E-state index contributed by atoms with van der Waals surface area (Å²) in [5.74, 6) is 0.935. The van der Waals surface area contributed by atoms with Crippen molar-refractivity contribution in [1.29, 1.82) is 0 Å². The lowest BCUT2D eigenvalue weighted by atomic mass is 10.1. The number of hydrogen-bond acceptors (Lipinski definition) is 6. The van der Waals surface area contributed by atoms with Crippen molar-refractivity contribution in [3.63, 3.8) is 0 Å². The van der Waals surface area contributed by atoms with Crippen LogP contribution in [0, 0.1) is 5.82 Å². The Morgan fingerprint density at radius 2 is 1.89 bits per heavy atom. The van der Waals surface area contributed by atoms with Crippen LogP contribution in [-0.4, -0.2) is 52.6 Å². The van der Waals surface area contributed by atoms with Crippen molar-refractivity contribution < 1.29 is 18.1 Å². The zero-order valence-corrected chi connectivity index (χ0v) is 21.7. The summed E-state index contributed by atoms with van der Waals surface area (Å²) < 4.78 is 32.2. The number of carbonyl (C=O) groups is 1. The first-order chi connectivity index (χ1) is 17.9. The summed E-state index contributed by atoms with van der Waals surface area (Å²) in [6.07, 6.45) is 1.45. The minimum Gasteiger partial charge on any atom is -0.377 e. The van der Waals surface area contributed by atoms with Gasteiger partial charge in [0.05, 0.1) is 40.5 Å². The summed E-state index contributed by atoms with van der Waals surface area (Å²) in [5, 5.41) is 5.50. The van der Waals surface area contributed by atoms with Gasteiger partial charge in [-0.05, 0) is 75.2 Å². The SMILES string of the molecule is CCNC(=O)Nc1ccc(-c2nc(N3CCOC[C@@H]3C)cc(C3(S(=O)c4ccc(F)cc4)CC3)n2)cc1. The number of hydrogen-bond donors (Lipinski definition) is 2. The summed E-state index contributed by atoms with van der Waals surface area (Å²) in [7, 11) is -1.40. The largest absolute Gasteiger partial charge is 0.377 e. The topological polar surface area (TPSA) is 96.5 Å². The molecule has 2 fully saturated rings. The van der Waals surface area contributed by atoms with Gasteiger partial charge in [-0.15, -0.1) is 0 Å². The van der Waals surface area contributed by atoms with Gasteiger partial charge in [-0.25, -0.2) is 19.2 Å². The van der Waals surface area contributed by atoms with E-state index in [2.05, 4.69) is 22.5 Å². The number of benzene rings is 2. The minimum absolute atomic E-state index is 0.130. The van der Waals surface area contributed by atoms with E-state index in [1.165, 1.54) is 12.1 Å². The molecule has 1 unspecified atom stereocenters. The maximum Gasteiger partial charge on any atom is 0.319 e. The third kappa shape index (κ3) is 5.35. The molecule has 1 aliphatic heterocycles. The van der Waals surface area contributed by atoms with Gasteiger partial charge in [0.1, 0.15) is 11.6 Å². The molecule has 2 aliphatic rings. The average Bonchev–Trinajstić information content (AvgIpc) is 3.72. The molecule has 2 aromatic carbocycles. The van der Waals surface area contributed by atoms with Crippen molar-refractivity contribution >= 4 is 28.3 Å². The van der Waals surface area contributed by atoms with Crippen LogP contribution in [0.1, 0.15) is 32.4 Å². The van der Waals surface area contributed by atoms with Gasteiger partial charge < -0.3 is 20.3 Å². The van der Waals surface area contributed by atoms with Crippen molar-refractivity contribution in [3.05, 3.63) is 66.1 Å². The van der Waals surface area contributed by atoms with Gasteiger partial charge >= 0.3 is 6.03 Å². The van der Waals surface area contributed by atoms with Gasteiger partial charge in [0.25, 0.3) is 0 Å². The highest BCUT2D eigenvalue weighted by atomic mass is 32.2. The number of urea groups is 1.